The van der Waals surface area contributed by atoms with E-state index in [4.69, 9.17) is 0 Å². The first-order valence-corrected chi connectivity index (χ1v) is 8.87. The van der Waals surface area contributed by atoms with E-state index < -0.39 is 0 Å². The highest BCUT2D eigenvalue weighted by Crippen LogP contribution is 2.50. The Bertz CT molecular complexity index is 786. The number of nitrogens with zero attached hydrogens (tertiary/aromatic N) is 1. The second kappa shape index (κ2) is 5.70. The zero-order valence-corrected chi connectivity index (χ0v) is 15.0. The number of allylic oxidation sites excluding steroid dienone is 2. The molecular formula is C22H26N2. The van der Waals surface area contributed by atoms with Crippen LogP contribution in [-0.4, -0.2) is 14.1 Å². The molecule has 0 saturated heterocycles. The molecule has 0 spiro atoms. The number of benzene rings is 2. The third-order valence-electron chi connectivity index (χ3n) is 5.84. The van der Waals surface area contributed by atoms with Gasteiger partial charge in [-0.15, -0.1) is 0 Å². The number of rotatable bonds is 2. The highest BCUT2D eigenvalue weighted by atomic mass is 15.1. The van der Waals surface area contributed by atoms with E-state index in [1.165, 1.54) is 33.6 Å². The quantitative estimate of drug-likeness (QED) is 0.766. The van der Waals surface area contributed by atoms with E-state index >= 15 is 0 Å². The SMILES string of the molecule is Cc1ccc2c(c1C)NC(c1ccc(N(C)C)cc1)C1CC=CC21. The summed E-state index contributed by atoms with van der Waals surface area (Å²) in [5.41, 5.74) is 8.22. The van der Waals surface area contributed by atoms with Crippen LogP contribution in [0.25, 0.3) is 0 Å². The van der Waals surface area contributed by atoms with Gasteiger partial charge in [0.15, 0.2) is 0 Å². The van der Waals surface area contributed by atoms with E-state index in [0.29, 0.717) is 17.9 Å². The zero-order chi connectivity index (χ0) is 16.8. The standard InChI is InChI=1S/C22H26N2/c1-14-8-13-20-18-6-5-7-19(18)22(23-21(20)15(14)2)16-9-11-17(12-10-16)24(3)4/h5-6,8-13,18-19,22-23H,7H2,1-4H3. The first kappa shape index (κ1) is 15.3. The molecule has 124 valence electrons. The Morgan fingerprint density at radius 2 is 1.75 bits per heavy atom. The third-order valence-corrected chi connectivity index (χ3v) is 5.84. The van der Waals surface area contributed by atoms with Crippen LogP contribution in [0.5, 0.6) is 0 Å². The molecule has 1 aliphatic carbocycles. The average molecular weight is 318 g/mol. The Morgan fingerprint density at radius 3 is 2.46 bits per heavy atom. The summed E-state index contributed by atoms with van der Waals surface area (Å²) in [6, 6.07) is 14.0. The van der Waals surface area contributed by atoms with E-state index in [-0.39, 0.29) is 0 Å². The number of nitrogens with one attached hydrogen (secondary N) is 1. The lowest BCUT2D eigenvalue weighted by molar-refractivity contribution is 0.425. The van der Waals surface area contributed by atoms with Crippen molar-refractivity contribution in [1.29, 1.82) is 0 Å². The molecule has 2 nitrogen and oxygen atoms in total. The Balaban J connectivity index is 1.76. The topological polar surface area (TPSA) is 15.3 Å². The van der Waals surface area contributed by atoms with Crippen molar-refractivity contribution in [3.8, 4) is 0 Å². The molecule has 4 rings (SSSR count). The molecule has 0 aromatic heterocycles. The highest BCUT2D eigenvalue weighted by Gasteiger charge is 2.38. The van der Waals surface area contributed by atoms with E-state index in [1.54, 1.807) is 0 Å². The second-order valence-corrected chi connectivity index (χ2v) is 7.43. The molecule has 2 aliphatic rings. The van der Waals surface area contributed by atoms with Gasteiger partial charge in [-0.1, -0.05) is 36.4 Å². The van der Waals surface area contributed by atoms with Gasteiger partial charge in [0.25, 0.3) is 0 Å². The fourth-order valence-corrected chi connectivity index (χ4v) is 4.23. The second-order valence-electron chi connectivity index (χ2n) is 7.43. The van der Waals surface area contributed by atoms with E-state index in [1.807, 2.05) is 0 Å². The van der Waals surface area contributed by atoms with Crippen LogP contribution in [0, 0.1) is 19.8 Å². The van der Waals surface area contributed by atoms with Gasteiger partial charge in [-0.25, -0.2) is 0 Å². The molecule has 3 atom stereocenters. The van der Waals surface area contributed by atoms with E-state index in [0.717, 1.165) is 6.42 Å². The normalized spacial score (nSPS) is 24.2. The minimum absolute atomic E-state index is 0.384. The zero-order valence-electron chi connectivity index (χ0n) is 15.0. The number of hydrogen-bond donors (Lipinski definition) is 1. The fraction of sp³-hybridized carbons (Fsp3) is 0.364. The molecule has 0 radical (unpaired) electrons. The summed E-state index contributed by atoms with van der Waals surface area (Å²) < 4.78 is 0. The molecule has 0 saturated carbocycles. The van der Waals surface area contributed by atoms with Crippen molar-refractivity contribution in [2.45, 2.75) is 32.2 Å². The molecule has 2 aromatic carbocycles. The monoisotopic (exact) mass is 318 g/mol. The van der Waals surface area contributed by atoms with Crippen molar-refractivity contribution in [3.63, 3.8) is 0 Å². The number of hydrogen-bond acceptors (Lipinski definition) is 2. The van der Waals surface area contributed by atoms with Gasteiger partial charge in [0.2, 0.25) is 0 Å². The number of anilines is 2. The van der Waals surface area contributed by atoms with Crippen LogP contribution in [-0.2, 0) is 0 Å². The predicted octanol–water partition coefficient (Wildman–Crippen LogP) is 5.20. The molecule has 0 amide bonds. The molecule has 1 heterocycles. The Hall–Kier alpha value is -2.22. The average Bonchev–Trinajstić information content (AvgIpc) is 3.07. The van der Waals surface area contributed by atoms with Crippen molar-refractivity contribution < 1.29 is 0 Å². The smallest absolute Gasteiger partial charge is 0.0554 e. The largest absolute Gasteiger partial charge is 0.378 e. The van der Waals surface area contributed by atoms with Gasteiger partial charge in [0.05, 0.1) is 6.04 Å². The molecule has 1 aliphatic heterocycles. The third kappa shape index (κ3) is 2.32. The van der Waals surface area contributed by atoms with Gasteiger partial charge in [0.1, 0.15) is 0 Å². The molecular weight excluding hydrogens is 292 g/mol. The molecule has 2 heteroatoms. The lowest BCUT2D eigenvalue weighted by Gasteiger charge is -2.38. The first-order valence-electron chi connectivity index (χ1n) is 8.87. The van der Waals surface area contributed by atoms with E-state index in [9.17, 15) is 0 Å². The van der Waals surface area contributed by atoms with Crippen LogP contribution in [0.4, 0.5) is 11.4 Å². The molecule has 2 aromatic rings. The van der Waals surface area contributed by atoms with Crippen LogP contribution in [0.15, 0.2) is 48.6 Å². The summed E-state index contributed by atoms with van der Waals surface area (Å²) in [5.74, 6) is 1.16. The van der Waals surface area contributed by atoms with Crippen molar-refractivity contribution in [2.75, 3.05) is 24.3 Å². The summed E-state index contributed by atoms with van der Waals surface area (Å²) >= 11 is 0. The number of fused-ring (bicyclic) bond motifs is 3. The molecule has 0 bridgehead atoms. The minimum Gasteiger partial charge on any atom is -0.378 e. The Morgan fingerprint density at radius 1 is 1.00 bits per heavy atom. The highest BCUT2D eigenvalue weighted by molar-refractivity contribution is 5.66. The van der Waals surface area contributed by atoms with Crippen molar-refractivity contribution >= 4 is 11.4 Å². The molecule has 3 unspecified atom stereocenters. The lowest BCUT2D eigenvalue weighted by atomic mass is 9.76. The Labute approximate surface area is 145 Å². The summed E-state index contributed by atoms with van der Waals surface area (Å²) in [4.78, 5) is 2.15. The van der Waals surface area contributed by atoms with Gasteiger partial charge >= 0.3 is 0 Å². The van der Waals surface area contributed by atoms with Crippen LogP contribution >= 0.6 is 0 Å². The minimum atomic E-state index is 0.384. The van der Waals surface area contributed by atoms with Gasteiger partial charge in [-0.05, 0) is 60.6 Å². The van der Waals surface area contributed by atoms with Crippen LogP contribution < -0.4 is 10.2 Å². The van der Waals surface area contributed by atoms with E-state index in [2.05, 4.69) is 86.7 Å². The van der Waals surface area contributed by atoms with Crippen molar-refractivity contribution in [1.82, 2.24) is 0 Å². The van der Waals surface area contributed by atoms with Gasteiger partial charge in [-0.3, -0.25) is 0 Å². The maximum atomic E-state index is 3.89. The van der Waals surface area contributed by atoms with Crippen molar-refractivity contribution in [2.24, 2.45) is 5.92 Å². The molecule has 1 N–H and O–H groups in total. The lowest BCUT2D eigenvalue weighted by Crippen LogP contribution is -2.29. The summed E-state index contributed by atoms with van der Waals surface area (Å²) in [7, 11) is 4.18. The van der Waals surface area contributed by atoms with Crippen LogP contribution in [0.1, 0.15) is 40.6 Å². The maximum absolute atomic E-state index is 3.89. The van der Waals surface area contributed by atoms with Gasteiger partial charge in [-0.2, -0.15) is 0 Å². The van der Waals surface area contributed by atoms with Gasteiger partial charge in [0, 0.05) is 31.4 Å². The van der Waals surface area contributed by atoms with Crippen LogP contribution in [0.3, 0.4) is 0 Å². The summed E-state index contributed by atoms with van der Waals surface area (Å²) in [6.07, 6.45) is 5.94. The van der Waals surface area contributed by atoms with Crippen molar-refractivity contribution in [3.05, 3.63) is 70.8 Å². The fourth-order valence-electron chi connectivity index (χ4n) is 4.23. The van der Waals surface area contributed by atoms with Crippen LogP contribution in [0.2, 0.25) is 0 Å². The Kier molecular flexibility index (Phi) is 3.64. The summed E-state index contributed by atoms with van der Waals surface area (Å²) in [6.45, 7) is 4.45. The van der Waals surface area contributed by atoms with Gasteiger partial charge < -0.3 is 10.2 Å². The predicted molar refractivity (Wildman–Crippen MR) is 103 cm³/mol. The molecule has 0 fully saturated rings. The first-order chi connectivity index (χ1) is 11.6. The molecule has 24 heavy (non-hydrogen) atoms. The summed E-state index contributed by atoms with van der Waals surface area (Å²) in [5, 5.41) is 3.89. The number of aryl methyl sites for hydroxylation is 1. The maximum Gasteiger partial charge on any atom is 0.0554 e.